The molecule has 7 heteroatoms. The molecule has 1 amide bonds. The number of amides is 1. The number of hydrogen-bond donors (Lipinski definition) is 2. The van der Waals surface area contributed by atoms with E-state index in [1.54, 1.807) is 31.5 Å². The Balaban J connectivity index is 1.82. The fourth-order valence-corrected chi connectivity index (χ4v) is 2.58. The van der Waals surface area contributed by atoms with Crippen LogP contribution in [0, 0.1) is 5.92 Å². The predicted octanol–water partition coefficient (Wildman–Crippen LogP) is 1.68. The van der Waals surface area contributed by atoms with Crippen molar-refractivity contribution < 1.29 is 14.7 Å². The average molecular weight is 302 g/mol. The van der Waals surface area contributed by atoms with Crippen molar-refractivity contribution in [2.75, 3.05) is 25.5 Å². The van der Waals surface area contributed by atoms with Gasteiger partial charge in [0.2, 0.25) is 11.8 Å². The third-order valence-corrected chi connectivity index (χ3v) is 3.87. The zero-order valence-electron chi connectivity index (χ0n) is 12.3. The molecule has 3 heterocycles. The first-order chi connectivity index (χ1) is 10.7. The molecule has 116 valence electrons. The Hall–Kier alpha value is -2.25. The van der Waals surface area contributed by atoms with Gasteiger partial charge in [-0.3, -0.25) is 9.78 Å². The Morgan fingerprint density at radius 2 is 2.14 bits per heavy atom. The molecule has 0 saturated carbocycles. The lowest BCUT2D eigenvalue weighted by Gasteiger charge is -2.26. The molecule has 0 atom stereocenters. The molecular formula is C15H18N4O3. The zero-order valence-corrected chi connectivity index (χ0v) is 12.3. The number of pyridine rings is 2. The Bertz CT molecular complexity index is 684. The summed E-state index contributed by atoms with van der Waals surface area (Å²) in [5.74, 6) is 0.326. The third kappa shape index (κ3) is 3.00. The second-order valence-electron chi connectivity index (χ2n) is 5.30. The van der Waals surface area contributed by atoms with Crippen molar-refractivity contribution in [2.24, 2.45) is 5.92 Å². The highest BCUT2D eigenvalue weighted by Crippen LogP contribution is 2.24. The van der Waals surface area contributed by atoms with Crippen molar-refractivity contribution in [1.29, 1.82) is 0 Å². The van der Waals surface area contributed by atoms with Crippen molar-refractivity contribution in [3.8, 4) is 5.88 Å². The van der Waals surface area contributed by atoms with E-state index in [0.29, 0.717) is 48.5 Å². The number of carbonyl (C=O) groups excluding carboxylic acids is 1. The molecule has 22 heavy (non-hydrogen) atoms. The molecule has 1 fully saturated rings. The normalized spacial score (nSPS) is 16.6. The van der Waals surface area contributed by atoms with Crippen LogP contribution in [0.15, 0.2) is 24.4 Å². The first-order valence-electron chi connectivity index (χ1n) is 7.22. The van der Waals surface area contributed by atoms with E-state index in [9.17, 15) is 10.0 Å². The molecule has 0 aromatic carbocycles. The summed E-state index contributed by atoms with van der Waals surface area (Å²) >= 11 is 0. The maximum absolute atomic E-state index is 12.4. The number of aromatic nitrogens is 2. The highest BCUT2D eigenvalue weighted by Gasteiger charge is 2.24. The standard InChI is InChI=1S/C15H18N4O3/c1-22-13-3-2-11-14(18-13)12(4-7-16-11)17-15(20)10-5-8-19(21)9-6-10/h2-4,7,10,21H,5-6,8-9H2,1H3,(H,16,17,20). The van der Waals surface area contributed by atoms with Crippen molar-refractivity contribution in [3.63, 3.8) is 0 Å². The molecule has 0 radical (unpaired) electrons. The summed E-state index contributed by atoms with van der Waals surface area (Å²) in [6, 6.07) is 5.27. The topological polar surface area (TPSA) is 87.6 Å². The molecule has 2 aromatic rings. The van der Waals surface area contributed by atoms with Gasteiger partial charge in [-0.25, -0.2) is 4.98 Å². The monoisotopic (exact) mass is 302 g/mol. The van der Waals surface area contributed by atoms with E-state index < -0.39 is 0 Å². The number of hydrogen-bond acceptors (Lipinski definition) is 6. The van der Waals surface area contributed by atoms with E-state index in [1.807, 2.05) is 0 Å². The van der Waals surface area contributed by atoms with Gasteiger partial charge in [0, 0.05) is 31.3 Å². The number of ether oxygens (including phenoxy) is 1. The zero-order chi connectivity index (χ0) is 15.5. The molecule has 0 aliphatic carbocycles. The number of fused-ring (bicyclic) bond motifs is 1. The van der Waals surface area contributed by atoms with Crippen LogP contribution in [0.3, 0.4) is 0 Å². The van der Waals surface area contributed by atoms with Crippen LogP contribution in [0.2, 0.25) is 0 Å². The summed E-state index contributed by atoms with van der Waals surface area (Å²) in [4.78, 5) is 21.0. The number of rotatable bonds is 3. The minimum Gasteiger partial charge on any atom is -0.481 e. The minimum atomic E-state index is -0.0998. The van der Waals surface area contributed by atoms with Crippen molar-refractivity contribution >= 4 is 22.6 Å². The summed E-state index contributed by atoms with van der Waals surface area (Å²) in [6.07, 6.45) is 2.92. The van der Waals surface area contributed by atoms with Gasteiger partial charge in [-0.15, -0.1) is 0 Å². The number of anilines is 1. The molecule has 2 aromatic heterocycles. The minimum absolute atomic E-state index is 0.0507. The van der Waals surface area contributed by atoms with E-state index in [-0.39, 0.29) is 11.8 Å². The second-order valence-corrected chi connectivity index (χ2v) is 5.30. The van der Waals surface area contributed by atoms with Crippen molar-refractivity contribution in [1.82, 2.24) is 15.0 Å². The molecule has 0 bridgehead atoms. The number of nitrogens with one attached hydrogen (secondary N) is 1. The van der Waals surface area contributed by atoms with E-state index in [4.69, 9.17) is 4.74 Å². The number of hydroxylamine groups is 2. The van der Waals surface area contributed by atoms with Crippen LogP contribution in [0.25, 0.3) is 11.0 Å². The second kappa shape index (κ2) is 6.25. The van der Waals surface area contributed by atoms with Crippen LogP contribution in [-0.4, -0.2) is 46.3 Å². The lowest BCUT2D eigenvalue weighted by molar-refractivity contribution is -0.132. The largest absolute Gasteiger partial charge is 0.481 e. The number of nitrogens with zero attached hydrogens (tertiary/aromatic N) is 3. The van der Waals surface area contributed by atoms with E-state index in [0.717, 1.165) is 0 Å². The summed E-state index contributed by atoms with van der Waals surface area (Å²) in [6.45, 7) is 1.03. The number of carbonyl (C=O) groups is 1. The molecule has 2 N–H and O–H groups in total. The highest BCUT2D eigenvalue weighted by atomic mass is 16.5. The van der Waals surface area contributed by atoms with Crippen LogP contribution >= 0.6 is 0 Å². The van der Waals surface area contributed by atoms with Gasteiger partial charge >= 0.3 is 0 Å². The maximum atomic E-state index is 12.4. The molecule has 0 unspecified atom stereocenters. The van der Waals surface area contributed by atoms with Gasteiger partial charge < -0.3 is 15.3 Å². The van der Waals surface area contributed by atoms with E-state index >= 15 is 0 Å². The van der Waals surface area contributed by atoms with Gasteiger partial charge in [0.25, 0.3) is 0 Å². The molecule has 3 rings (SSSR count). The lowest BCUT2D eigenvalue weighted by Crippen LogP contribution is -2.36. The molecule has 1 aliphatic rings. The van der Waals surface area contributed by atoms with Gasteiger partial charge in [0.1, 0.15) is 5.52 Å². The molecule has 1 saturated heterocycles. The van der Waals surface area contributed by atoms with E-state index in [2.05, 4.69) is 15.3 Å². The Labute approximate surface area is 127 Å². The maximum Gasteiger partial charge on any atom is 0.227 e. The van der Waals surface area contributed by atoms with Gasteiger partial charge in [0.15, 0.2) is 0 Å². The van der Waals surface area contributed by atoms with Crippen LogP contribution < -0.4 is 10.1 Å². The highest BCUT2D eigenvalue weighted by molar-refractivity contribution is 6.00. The van der Waals surface area contributed by atoms with Gasteiger partial charge in [-0.1, -0.05) is 0 Å². The Morgan fingerprint density at radius 3 is 2.86 bits per heavy atom. The first-order valence-corrected chi connectivity index (χ1v) is 7.22. The van der Waals surface area contributed by atoms with Gasteiger partial charge in [0.05, 0.1) is 18.3 Å². The molecule has 0 spiro atoms. The van der Waals surface area contributed by atoms with Crippen LogP contribution in [0.1, 0.15) is 12.8 Å². The van der Waals surface area contributed by atoms with Crippen LogP contribution in [0.4, 0.5) is 5.69 Å². The first kappa shape index (κ1) is 14.7. The fraction of sp³-hybridized carbons (Fsp3) is 0.400. The summed E-state index contributed by atoms with van der Waals surface area (Å²) in [7, 11) is 1.55. The SMILES string of the molecule is COc1ccc2nccc(NC(=O)C3CCN(O)CC3)c2n1. The van der Waals surface area contributed by atoms with Gasteiger partial charge in [-0.2, -0.15) is 5.06 Å². The summed E-state index contributed by atoms with van der Waals surface area (Å²) in [5.41, 5.74) is 1.93. The van der Waals surface area contributed by atoms with Crippen LogP contribution in [-0.2, 0) is 4.79 Å². The number of piperidine rings is 1. The molecule has 1 aliphatic heterocycles. The Kier molecular flexibility index (Phi) is 4.17. The number of methoxy groups -OCH3 is 1. The summed E-state index contributed by atoms with van der Waals surface area (Å²) < 4.78 is 5.13. The third-order valence-electron chi connectivity index (χ3n) is 3.87. The van der Waals surface area contributed by atoms with Gasteiger partial charge in [-0.05, 0) is 25.0 Å². The smallest absolute Gasteiger partial charge is 0.227 e. The fourth-order valence-electron chi connectivity index (χ4n) is 2.58. The average Bonchev–Trinajstić information content (AvgIpc) is 2.55. The quantitative estimate of drug-likeness (QED) is 0.897. The van der Waals surface area contributed by atoms with Crippen LogP contribution in [0.5, 0.6) is 5.88 Å². The van der Waals surface area contributed by atoms with Crippen molar-refractivity contribution in [2.45, 2.75) is 12.8 Å². The van der Waals surface area contributed by atoms with Crippen molar-refractivity contribution in [3.05, 3.63) is 24.4 Å². The predicted molar refractivity (Wildman–Crippen MR) is 80.8 cm³/mol. The van der Waals surface area contributed by atoms with E-state index in [1.165, 1.54) is 5.06 Å². The molecular weight excluding hydrogens is 284 g/mol. The summed E-state index contributed by atoms with van der Waals surface area (Å²) in [5, 5.41) is 13.5. The Morgan fingerprint density at radius 1 is 1.36 bits per heavy atom. The lowest BCUT2D eigenvalue weighted by atomic mass is 9.97. The molecule has 7 nitrogen and oxygen atoms in total.